The van der Waals surface area contributed by atoms with E-state index in [-0.39, 0.29) is 0 Å². The zero-order valence-corrected chi connectivity index (χ0v) is 13.8. The molecule has 3 rings (SSSR count). The number of nitrogens with zero attached hydrogens (tertiary/aromatic N) is 3. The van der Waals surface area contributed by atoms with E-state index in [1.165, 1.54) is 36.7 Å². The quantitative estimate of drug-likeness (QED) is 0.917. The maximum Gasteiger partial charge on any atom is 0.156 e. The maximum atomic E-state index is 4.38. The van der Waals surface area contributed by atoms with Crippen molar-refractivity contribution in [2.45, 2.75) is 39.7 Å². The molecule has 2 aromatic rings. The van der Waals surface area contributed by atoms with Crippen LogP contribution in [0.1, 0.15) is 32.4 Å². The SMILES string of the molecule is Cc1nnc(NCC(C(C)C)N2CCCC2)c2ccccc12. The number of hydrogen-bond donors (Lipinski definition) is 1. The first kappa shape index (κ1) is 15.2. The van der Waals surface area contributed by atoms with Crippen molar-refractivity contribution in [2.24, 2.45) is 5.92 Å². The number of anilines is 1. The van der Waals surface area contributed by atoms with Crippen LogP contribution in [0.5, 0.6) is 0 Å². The lowest BCUT2D eigenvalue weighted by molar-refractivity contribution is 0.201. The molecule has 1 aliphatic heterocycles. The third kappa shape index (κ3) is 3.07. The van der Waals surface area contributed by atoms with E-state index in [2.05, 4.69) is 58.5 Å². The van der Waals surface area contributed by atoms with Gasteiger partial charge in [0.2, 0.25) is 0 Å². The van der Waals surface area contributed by atoms with Crippen LogP contribution < -0.4 is 5.32 Å². The van der Waals surface area contributed by atoms with Gasteiger partial charge >= 0.3 is 0 Å². The van der Waals surface area contributed by atoms with Gasteiger partial charge in [0.15, 0.2) is 5.82 Å². The van der Waals surface area contributed by atoms with E-state index in [1.54, 1.807) is 0 Å². The third-order valence-corrected chi connectivity index (χ3v) is 4.73. The molecule has 0 amide bonds. The monoisotopic (exact) mass is 298 g/mol. The molecule has 1 aromatic carbocycles. The average Bonchev–Trinajstić information content (AvgIpc) is 3.04. The Morgan fingerprint density at radius 3 is 2.45 bits per heavy atom. The van der Waals surface area contributed by atoms with Crippen molar-refractivity contribution in [1.29, 1.82) is 0 Å². The summed E-state index contributed by atoms with van der Waals surface area (Å²) in [7, 11) is 0. The number of nitrogens with one attached hydrogen (secondary N) is 1. The minimum absolute atomic E-state index is 0.560. The molecule has 1 aliphatic rings. The standard InChI is InChI=1S/C18H26N4/c1-13(2)17(22-10-6-7-11-22)12-19-18-16-9-5-4-8-15(16)14(3)20-21-18/h4-5,8-9,13,17H,6-7,10-12H2,1-3H3,(H,19,21). The summed E-state index contributed by atoms with van der Waals surface area (Å²) in [6, 6.07) is 8.92. The van der Waals surface area contributed by atoms with E-state index in [9.17, 15) is 0 Å². The fourth-order valence-electron chi connectivity index (χ4n) is 3.43. The predicted octanol–water partition coefficient (Wildman–Crippen LogP) is 3.47. The summed E-state index contributed by atoms with van der Waals surface area (Å²) in [5.74, 6) is 1.54. The van der Waals surface area contributed by atoms with Crippen molar-refractivity contribution < 1.29 is 0 Å². The lowest BCUT2D eigenvalue weighted by Gasteiger charge is -2.31. The summed E-state index contributed by atoms with van der Waals surface area (Å²) in [6.45, 7) is 10.0. The van der Waals surface area contributed by atoms with Gasteiger partial charge in [0.1, 0.15) is 0 Å². The van der Waals surface area contributed by atoms with Gasteiger partial charge in [-0.05, 0) is 38.8 Å². The Morgan fingerprint density at radius 2 is 1.77 bits per heavy atom. The molecule has 1 fully saturated rings. The van der Waals surface area contributed by atoms with Gasteiger partial charge in [-0.3, -0.25) is 4.90 Å². The molecular weight excluding hydrogens is 272 g/mol. The number of benzene rings is 1. The number of rotatable bonds is 5. The molecule has 4 nitrogen and oxygen atoms in total. The van der Waals surface area contributed by atoms with Gasteiger partial charge in [-0.1, -0.05) is 38.1 Å². The highest BCUT2D eigenvalue weighted by molar-refractivity contribution is 5.92. The van der Waals surface area contributed by atoms with Gasteiger partial charge in [0.05, 0.1) is 5.69 Å². The van der Waals surface area contributed by atoms with Crippen LogP contribution in [0.3, 0.4) is 0 Å². The first-order chi connectivity index (χ1) is 10.7. The van der Waals surface area contributed by atoms with Gasteiger partial charge < -0.3 is 5.32 Å². The van der Waals surface area contributed by atoms with Crippen molar-refractivity contribution >= 4 is 16.6 Å². The van der Waals surface area contributed by atoms with Gasteiger partial charge in [0.25, 0.3) is 0 Å². The molecular formula is C18H26N4. The van der Waals surface area contributed by atoms with Crippen molar-refractivity contribution in [1.82, 2.24) is 15.1 Å². The molecule has 1 saturated heterocycles. The Morgan fingerprint density at radius 1 is 1.09 bits per heavy atom. The van der Waals surface area contributed by atoms with Crippen molar-refractivity contribution in [3.63, 3.8) is 0 Å². The predicted molar refractivity (Wildman–Crippen MR) is 92.2 cm³/mol. The Bertz CT molecular complexity index is 632. The number of fused-ring (bicyclic) bond motifs is 1. The molecule has 0 radical (unpaired) electrons. The Kier molecular flexibility index (Phi) is 4.57. The van der Waals surface area contributed by atoms with E-state index < -0.39 is 0 Å². The second-order valence-electron chi connectivity index (χ2n) is 6.61. The minimum Gasteiger partial charge on any atom is -0.366 e. The summed E-state index contributed by atoms with van der Waals surface area (Å²) in [5.41, 5.74) is 0.987. The lowest BCUT2D eigenvalue weighted by atomic mass is 10.0. The maximum absolute atomic E-state index is 4.38. The minimum atomic E-state index is 0.560. The number of likely N-dealkylation sites (tertiary alicyclic amines) is 1. The zero-order chi connectivity index (χ0) is 15.5. The molecule has 2 heterocycles. The summed E-state index contributed by atoms with van der Waals surface area (Å²) in [5, 5.41) is 14.6. The normalized spacial score (nSPS) is 17.3. The van der Waals surface area contributed by atoms with Crippen molar-refractivity contribution in [2.75, 3.05) is 25.0 Å². The molecule has 0 aliphatic carbocycles. The highest BCUT2D eigenvalue weighted by atomic mass is 15.2. The first-order valence-electron chi connectivity index (χ1n) is 8.37. The number of hydrogen-bond acceptors (Lipinski definition) is 4. The van der Waals surface area contributed by atoms with Crippen LogP contribution >= 0.6 is 0 Å². The van der Waals surface area contributed by atoms with Crippen LogP contribution in [-0.4, -0.2) is 40.8 Å². The van der Waals surface area contributed by atoms with E-state index >= 15 is 0 Å². The highest BCUT2D eigenvalue weighted by Gasteiger charge is 2.24. The third-order valence-electron chi connectivity index (χ3n) is 4.73. The smallest absolute Gasteiger partial charge is 0.156 e. The molecule has 22 heavy (non-hydrogen) atoms. The van der Waals surface area contributed by atoms with Gasteiger partial charge in [0, 0.05) is 23.4 Å². The van der Waals surface area contributed by atoms with Crippen LogP contribution in [0, 0.1) is 12.8 Å². The molecule has 1 unspecified atom stereocenters. The molecule has 1 aromatic heterocycles. The van der Waals surface area contributed by atoms with Gasteiger partial charge in [-0.25, -0.2) is 0 Å². The fraction of sp³-hybridized carbons (Fsp3) is 0.556. The van der Waals surface area contributed by atoms with Crippen molar-refractivity contribution in [3.05, 3.63) is 30.0 Å². The largest absolute Gasteiger partial charge is 0.366 e. The summed E-state index contributed by atoms with van der Waals surface area (Å²) in [6.07, 6.45) is 2.66. The molecule has 0 spiro atoms. The molecule has 1 atom stereocenters. The topological polar surface area (TPSA) is 41.1 Å². The zero-order valence-electron chi connectivity index (χ0n) is 13.8. The van der Waals surface area contributed by atoms with Crippen LogP contribution in [0.4, 0.5) is 5.82 Å². The van der Waals surface area contributed by atoms with E-state index in [0.29, 0.717) is 12.0 Å². The molecule has 1 N–H and O–H groups in total. The van der Waals surface area contributed by atoms with Crippen LogP contribution in [0.2, 0.25) is 0 Å². The second kappa shape index (κ2) is 6.61. The van der Waals surface area contributed by atoms with E-state index in [0.717, 1.165) is 18.1 Å². The Balaban J connectivity index is 1.79. The highest BCUT2D eigenvalue weighted by Crippen LogP contribution is 2.23. The Hall–Kier alpha value is -1.68. The second-order valence-corrected chi connectivity index (χ2v) is 6.61. The molecule has 4 heteroatoms. The average molecular weight is 298 g/mol. The molecule has 0 saturated carbocycles. The van der Waals surface area contributed by atoms with Gasteiger partial charge in [-0.15, -0.1) is 5.10 Å². The first-order valence-corrected chi connectivity index (χ1v) is 8.37. The van der Waals surface area contributed by atoms with Crippen molar-refractivity contribution in [3.8, 4) is 0 Å². The van der Waals surface area contributed by atoms with Crippen LogP contribution in [0.25, 0.3) is 10.8 Å². The molecule has 118 valence electrons. The summed E-state index contributed by atoms with van der Waals surface area (Å²) in [4.78, 5) is 2.61. The van der Waals surface area contributed by atoms with Crippen LogP contribution in [-0.2, 0) is 0 Å². The number of aromatic nitrogens is 2. The number of aryl methyl sites for hydroxylation is 1. The van der Waals surface area contributed by atoms with E-state index in [1.807, 2.05) is 6.92 Å². The summed E-state index contributed by atoms with van der Waals surface area (Å²) < 4.78 is 0. The van der Waals surface area contributed by atoms with Crippen LogP contribution in [0.15, 0.2) is 24.3 Å². The molecule has 0 bridgehead atoms. The van der Waals surface area contributed by atoms with E-state index in [4.69, 9.17) is 0 Å². The lowest BCUT2D eigenvalue weighted by Crippen LogP contribution is -2.42. The fourth-order valence-corrected chi connectivity index (χ4v) is 3.43. The Labute approximate surface area is 132 Å². The summed E-state index contributed by atoms with van der Waals surface area (Å²) >= 11 is 0. The van der Waals surface area contributed by atoms with Gasteiger partial charge in [-0.2, -0.15) is 5.10 Å².